The van der Waals surface area contributed by atoms with E-state index in [1.165, 1.54) is 6.20 Å². The summed E-state index contributed by atoms with van der Waals surface area (Å²) in [5, 5.41) is 17.1. The fourth-order valence-corrected chi connectivity index (χ4v) is 3.19. The minimum Gasteiger partial charge on any atom is -0.395 e. The molecule has 100 valence electrons. The van der Waals surface area contributed by atoms with Crippen LogP contribution in [-0.4, -0.2) is 43.9 Å². The van der Waals surface area contributed by atoms with Gasteiger partial charge in [-0.25, -0.2) is 9.18 Å². The first-order valence-electron chi connectivity index (χ1n) is 5.39. The van der Waals surface area contributed by atoms with Gasteiger partial charge in [-0.15, -0.1) is 11.8 Å². The van der Waals surface area contributed by atoms with E-state index in [0.717, 1.165) is 16.3 Å². The van der Waals surface area contributed by atoms with E-state index in [9.17, 15) is 14.3 Å². The van der Waals surface area contributed by atoms with E-state index < -0.39 is 28.6 Å². The molecule has 0 spiro atoms. The molecule has 1 aliphatic heterocycles. The second-order valence-electron chi connectivity index (χ2n) is 4.18. The van der Waals surface area contributed by atoms with Crippen molar-refractivity contribution in [2.45, 2.75) is 29.8 Å². The van der Waals surface area contributed by atoms with E-state index in [-0.39, 0.29) is 12.4 Å². The number of nitrogens with two attached hydrogens (primary N) is 1. The molecule has 0 radical (unpaired) electrons. The summed E-state index contributed by atoms with van der Waals surface area (Å²) in [5.74, 6) is 0.105. The molecule has 1 saturated heterocycles. The Hall–Kier alpha value is -1.12. The molecular formula is C10H14FN3O3S. The lowest BCUT2D eigenvalue weighted by molar-refractivity contribution is 0.0631. The maximum Gasteiger partial charge on any atom is 0.350 e. The highest BCUT2D eigenvalue weighted by Gasteiger charge is 2.44. The number of thioether (sulfide) groups is 1. The number of halogens is 1. The standard InChI is InChI=1S/C10H14FN3O3S/c1-4-2-14(10(17)13-8(4)12)9-6(11)7(16)5(3-15)18-9/h2,5-7,9,15-16H,3H2,1H3,(H2,12,13,17)/t5-,6-,7+,9-/m1/s1. The second kappa shape index (κ2) is 4.87. The number of nitrogens with zero attached hydrogens (tertiary/aromatic N) is 2. The highest BCUT2D eigenvalue weighted by atomic mass is 32.2. The predicted molar refractivity (Wildman–Crippen MR) is 66.1 cm³/mol. The number of aryl methyl sites for hydroxylation is 1. The molecule has 1 aromatic rings. The first-order chi connectivity index (χ1) is 8.45. The van der Waals surface area contributed by atoms with Crippen LogP contribution in [0.5, 0.6) is 0 Å². The Morgan fingerprint density at radius 2 is 2.33 bits per heavy atom. The molecule has 4 atom stereocenters. The van der Waals surface area contributed by atoms with Gasteiger partial charge in [-0.05, 0) is 6.92 Å². The monoisotopic (exact) mass is 275 g/mol. The van der Waals surface area contributed by atoms with Crippen LogP contribution < -0.4 is 11.4 Å². The summed E-state index contributed by atoms with van der Waals surface area (Å²) in [7, 11) is 0. The molecule has 2 heterocycles. The van der Waals surface area contributed by atoms with Crippen LogP contribution in [0.15, 0.2) is 11.0 Å². The normalized spacial score (nSPS) is 31.8. The van der Waals surface area contributed by atoms with Gasteiger partial charge in [0.05, 0.1) is 11.9 Å². The zero-order chi connectivity index (χ0) is 13.4. The Morgan fingerprint density at radius 1 is 1.67 bits per heavy atom. The van der Waals surface area contributed by atoms with Crippen molar-refractivity contribution in [2.75, 3.05) is 12.3 Å². The van der Waals surface area contributed by atoms with Gasteiger partial charge in [-0.2, -0.15) is 4.98 Å². The second-order valence-corrected chi connectivity index (χ2v) is 5.54. The first kappa shape index (κ1) is 13.3. The summed E-state index contributed by atoms with van der Waals surface area (Å²) in [6.45, 7) is 1.31. The van der Waals surface area contributed by atoms with Crippen LogP contribution in [0.3, 0.4) is 0 Å². The van der Waals surface area contributed by atoms with Crippen LogP contribution in [0.4, 0.5) is 10.2 Å². The Bertz CT molecular complexity index is 510. The average molecular weight is 275 g/mol. The molecule has 4 N–H and O–H groups in total. The zero-order valence-electron chi connectivity index (χ0n) is 9.65. The Kier molecular flexibility index (Phi) is 3.60. The van der Waals surface area contributed by atoms with Crippen molar-refractivity contribution in [3.05, 3.63) is 22.2 Å². The summed E-state index contributed by atoms with van der Waals surface area (Å²) >= 11 is 1.02. The van der Waals surface area contributed by atoms with Gasteiger partial charge in [0.1, 0.15) is 17.3 Å². The summed E-state index contributed by atoms with van der Waals surface area (Å²) in [4.78, 5) is 15.3. The average Bonchev–Trinajstić information content (AvgIpc) is 2.61. The van der Waals surface area contributed by atoms with E-state index in [2.05, 4.69) is 4.98 Å². The minimum atomic E-state index is -1.63. The van der Waals surface area contributed by atoms with Gasteiger partial charge in [0.15, 0.2) is 6.17 Å². The molecule has 0 aliphatic carbocycles. The van der Waals surface area contributed by atoms with Crippen molar-refractivity contribution < 1.29 is 14.6 Å². The molecule has 1 aliphatic rings. The van der Waals surface area contributed by atoms with Gasteiger partial charge in [-0.3, -0.25) is 4.57 Å². The molecule has 0 amide bonds. The first-order valence-corrected chi connectivity index (χ1v) is 6.33. The smallest absolute Gasteiger partial charge is 0.350 e. The number of aromatic nitrogens is 2. The largest absolute Gasteiger partial charge is 0.395 e. The molecule has 2 rings (SSSR count). The maximum atomic E-state index is 13.9. The van der Waals surface area contributed by atoms with Gasteiger partial charge in [-0.1, -0.05) is 0 Å². The summed E-state index contributed by atoms with van der Waals surface area (Å²) in [6, 6.07) is 0. The van der Waals surface area contributed by atoms with Gasteiger partial charge in [0.2, 0.25) is 0 Å². The van der Waals surface area contributed by atoms with Crippen molar-refractivity contribution in [2.24, 2.45) is 0 Å². The van der Waals surface area contributed by atoms with Crippen LogP contribution in [-0.2, 0) is 0 Å². The highest BCUT2D eigenvalue weighted by Crippen LogP contribution is 2.42. The van der Waals surface area contributed by atoms with Crippen molar-refractivity contribution in [3.63, 3.8) is 0 Å². The molecule has 6 nitrogen and oxygen atoms in total. The third-order valence-electron chi connectivity index (χ3n) is 2.92. The molecular weight excluding hydrogens is 261 g/mol. The van der Waals surface area contributed by atoms with E-state index in [1.807, 2.05) is 0 Å². The minimum absolute atomic E-state index is 0.105. The number of alkyl halides is 1. The van der Waals surface area contributed by atoms with Gasteiger partial charge in [0.25, 0.3) is 0 Å². The molecule has 18 heavy (non-hydrogen) atoms. The number of hydrogen-bond acceptors (Lipinski definition) is 6. The Labute approximate surface area is 107 Å². The molecule has 8 heteroatoms. The highest BCUT2D eigenvalue weighted by molar-refractivity contribution is 8.00. The van der Waals surface area contributed by atoms with Crippen LogP contribution in [0.2, 0.25) is 0 Å². The summed E-state index contributed by atoms with van der Waals surface area (Å²) in [5.41, 5.74) is 5.39. The van der Waals surface area contributed by atoms with Gasteiger partial charge < -0.3 is 15.9 Å². The van der Waals surface area contributed by atoms with Crippen molar-refractivity contribution in [1.82, 2.24) is 9.55 Å². The zero-order valence-corrected chi connectivity index (χ0v) is 10.5. The third kappa shape index (κ3) is 2.11. The SMILES string of the molecule is Cc1cn([C@@H]2S[C@H](CO)[C@H](O)[C@H]2F)c(=O)nc1N. The summed E-state index contributed by atoms with van der Waals surface area (Å²) < 4.78 is 15.0. The number of nitrogen functional groups attached to an aromatic ring is 1. The van der Waals surface area contributed by atoms with Gasteiger partial charge >= 0.3 is 5.69 Å². The molecule has 1 fully saturated rings. The van der Waals surface area contributed by atoms with Crippen molar-refractivity contribution >= 4 is 17.6 Å². The lowest BCUT2D eigenvalue weighted by Gasteiger charge is -2.16. The van der Waals surface area contributed by atoms with Crippen molar-refractivity contribution in [3.8, 4) is 0 Å². The molecule has 1 aromatic heterocycles. The van der Waals surface area contributed by atoms with E-state index >= 15 is 0 Å². The molecule has 0 aromatic carbocycles. The van der Waals surface area contributed by atoms with E-state index in [1.54, 1.807) is 6.92 Å². The predicted octanol–water partition coefficient (Wildman–Crippen LogP) is -0.561. The Balaban J connectivity index is 2.39. The van der Waals surface area contributed by atoms with Crippen molar-refractivity contribution in [1.29, 1.82) is 0 Å². The topological polar surface area (TPSA) is 101 Å². The van der Waals surface area contributed by atoms with Crippen LogP contribution in [0.25, 0.3) is 0 Å². The number of aliphatic hydroxyl groups is 2. The fraction of sp³-hybridized carbons (Fsp3) is 0.600. The number of hydrogen-bond donors (Lipinski definition) is 3. The lowest BCUT2D eigenvalue weighted by atomic mass is 10.1. The number of aliphatic hydroxyl groups excluding tert-OH is 2. The van der Waals surface area contributed by atoms with Crippen LogP contribution in [0.1, 0.15) is 10.9 Å². The third-order valence-corrected chi connectivity index (χ3v) is 4.47. The fourth-order valence-electron chi connectivity index (χ4n) is 1.84. The van der Waals surface area contributed by atoms with Crippen LogP contribution >= 0.6 is 11.8 Å². The molecule has 0 saturated carbocycles. The number of anilines is 1. The summed E-state index contributed by atoms with van der Waals surface area (Å²) in [6.07, 6.45) is -1.51. The molecule has 0 unspecified atom stereocenters. The molecule has 0 bridgehead atoms. The van der Waals surface area contributed by atoms with E-state index in [4.69, 9.17) is 10.8 Å². The van der Waals surface area contributed by atoms with Gasteiger partial charge in [0, 0.05) is 11.8 Å². The lowest BCUT2D eigenvalue weighted by Crippen LogP contribution is -2.33. The quantitative estimate of drug-likeness (QED) is 0.669. The van der Waals surface area contributed by atoms with E-state index in [0.29, 0.717) is 5.56 Å². The number of rotatable bonds is 2. The Morgan fingerprint density at radius 3 is 2.89 bits per heavy atom. The van der Waals surface area contributed by atoms with Crippen LogP contribution in [0, 0.1) is 6.92 Å². The maximum absolute atomic E-state index is 13.9.